The van der Waals surface area contributed by atoms with E-state index in [2.05, 4.69) is 30.0 Å². The Morgan fingerprint density at radius 2 is 2.21 bits per heavy atom. The molecule has 0 radical (unpaired) electrons. The minimum absolute atomic E-state index is 0.670. The molecule has 0 bridgehead atoms. The van der Waals surface area contributed by atoms with Gasteiger partial charge in [0.05, 0.1) is 0 Å². The van der Waals surface area contributed by atoms with Gasteiger partial charge in [0, 0.05) is 30.5 Å². The first-order valence-corrected chi connectivity index (χ1v) is 7.23. The molecule has 0 spiro atoms. The van der Waals surface area contributed by atoms with Crippen LogP contribution >= 0.6 is 0 Å². The van der Waals surface area contributed by atoms with Gasteiger partial charge in [0.25, 0.3) is 0 Å². The number of rotatable bonds is 4. The smallest absolute Gasteiger partial charge is 0.134 e. The van der Waals surface area contributed by atoms with Crippen LogP contribution < -0.4 is 5.73 Å². The van der Waals surface area contributed by atoms with Crippen molar-refractivity contribution in [2.45, 2.75) is 26.3 Å². The van der Waals surface area contributed by atoms with Crippen LogP contribution in [-0.2, 0) is 13.0 Å². The number of benzene rings is 1. The number of fused-ring (bicyclic) bond motifs is 1. The van der Waals surface area contributed by atoms with Crippen LogP contribution in [0, 0.1) is 5.92 Å². The molecule has 3 nitrogen and oxygen atoms in total. The molecule has 0 aliphatic carbocycles. The van der Waals surface area contributed by atoms with Crippen molar-refractivity contribution >= 4 is 11.0 Å². The highest BCUT2D eigenvalue weighted by atomic mass is 16.3. The maximum Gasteiger partial charge on any atom is 0.134 e. The molecule has 0 saturated carbocycles. The van der Waals surface area contributed by atoms with Crippen LogP contribution in [0.3, 0.4) is 0 Å². The molecule has 102 valence electrons. The zero-order valence-electron chi connectivity index (χ0n) is 11.6. The number of nitrogens with zero attached hydrogens (tertiary/aromatic N) is 1. The fourth-order valence-corrected chi connectivity index (χ4v) is 3.08. The Morgan fingerprint density at radius 1 is 1.37 bits per heavy atom. The lowest BCUT2D eigenvalue weighted by molar-refractivity contribution is 0.315. The van der Waals surface area contributed by atoms with Crippen LogP contribution in [-0.4, -0.2) is 24.5 Å². The van der Waals surface area contributed by atoms with Gasteiger partial charge in [0.15, 0.2) is 0 Å². The molecule has 1 aliphatic heterocycles. The van der Waals surface area contributed by atoms with Crippen molar-refractivity contribution in [3.05, 3.63) is 35.6 Å². The van der Waals surface area contributed by atoms with E-state index < -0.39 is 0 Å². The van der Waals surface area contributed by atoms with E-state index in [4.69, 9.17) is 10.2 Å². The third kappa shape index (κ3) is 2.40. The third-order valence-electron chi connectivity index (χ3n) is 4.19. The Kier molecular flexibility index (Phi) is 3.58. The van der Waals surface area contributed by atoms with Crippen molar-refractivity contribution in [2.24, 2.45) is 11.7 Å². The molecule has 1 atom stereocenters. The van der Waals surface area contributed by atoms with Gasteiger partial charge in [-0.2, -0.15) is 0 Å². The number of furan rings is 1. The maximum absolute atomic E-state index is 5.96. The van der Waals surface area contributed by atoms with Crippen LogP contribution in [0.15, 0.2) is 28.7 Å². The lowest BCUT2D eigenvalue weighted by Gasteiger charge is -2.15. The molecule has 1 fully saturated rings. The molecule has 1 saturated heterocycles. The molecule has 3 heteroatoms. The minimum atomic E-state index is 0.670. The first kappa shape index (κ1) is 12.7. The number of para-hydroxylation sites is 1. The Morgan fingerprint density at radius 3 is 2.95 bits per heavy atom. The van der Waals surface area contributed by atoms with Gasteiger partial charge >= 0.3 is 0 Å². The monoisotopic (exact) mass is 258 g/mol. The van der Waals surface area contributed by atoms with Crippen LogP contribution in [0.25, 0.3) is 11.0 Å². The average molecular weight is 258 g/mol. The quantitative estimate of drug-likeness (QED) is 0.917. The zero-order chi connectivity index (χ0) is 13.2. The number of hydrogen-bond donors (Lipinski definition) is 1. The minimum Gasteiger partial charge on any atom is -0.461 e. The Balaban J connectivity index is 1.87. The highest BCUT2D eigenvalue weighted by Crippen LogP contribution is 2.29. The molecule has 1 aliphatic rings. The standard InChI is InChI=1S/C16H22N2O/c1-2-15-14(11-18-8-7-12(9-17)10-18)13-5-3-4-6-16(13)19-15/h3-6,12H,2,7-11,17H2,1H3. The molecule has 2 heterocycles. The summed E-state index contributed by atoms with van der Waals surface area (Å²) in [5, 5.41) is 1.27. The summed E-state index contributed by atoms with van der Waals surface area (Å²) in [5.74, 6) is 1.81. The Hall–Kier alpha value is -1.32. The van der Waals surface area contributed by atoms with Gasteiger partial charge < -0.3 is 10.2 Å². The number of aryl methyl sites for hydroxylation is 1. The van der Waals surface area contributed by atoms with E-state index in [0.29, 0.717) is 5.92 Å². The summed E-state index contributed by atoms with van der Waals surface area (Å²) in [4.78, 5) is 2.51. The average Bonchev–Trinajstić information content (AvgIpc) is 3.04. The third-order valence-corrected chi connectivity index (χ3v) is 4.19. The second kappa shape index (κ2) is 5.35. The SMILES string of the molecule is CCc1oc2ccccc2c1CN1CCC(CN)C1. The highest BCUT2D eigenvalue weighted by Gasteiger charge is 2.23. The molecule has 1 aromatic carbocycles. The van der Waals surface area contributed by atoms with Gasteiger partial charge in [0.1, 0.15) is 11.3 Å². The molecule has 2 aromatic rings. The maximum atomic E-state index is 5.96. The van der Waals surface area contributed by atoms with Gasteiger partial charge in [-0.25, -0.2) is 0 Å². The molecular formula is C16H22N2O. The Bertz CT molecular complexity index is 561. The van der Waals surface area contributed by atoms with Gasteiger partial charge in [-0.1, -0.05) is 25.1 Å². The van der Waals surface area contributed by atoms with Gasteiger partial charge in [-0.15, -0.1) is 0 Å². The van der Waals surface area contributed by atoms with Crippen LogP contribution in [0.2, 0.25) is 0 Å². The molecule has 3 rings (SSSR count). The highest BCUT2D eigenvalue weighted by molar-refractivity contribution is 5.82. The molecule has 1 unspecified atom stereocenters. The van der Waals surface area contributed by atoms with E-state index in [9.17, 15) is 0 Å². The van der Waals surface area contributed by atoms with Crippen molar-refractivity contribution in [2.75, 3.05) is 19.6 Å². The van der Waals surface area contributed by atoms with E-state index in [1.54, 1.807) is 0 Å². The fraction of sp³-hybridized carbons (Fsp3) is 0.500. The first-order chi connectivity index (χ1) is 9.31. The van der Waals surface area contributed by atoms with E-state index in [1.165, 1.54) is 17.4 Å². The fourth-order valence-electron chi connectivity index (χ4n) is 3.08. The summed E-state index contributed by atoms with van der Waals surface area (Å²) in [6.45, 7) is 6.25. The summed E-state index contributed by atoms with van der Waals surface area (Å²) < 4.78 is 5.96. The summed E-state index contributed by atoms with van der Waals surface area (Å²) in [6.07, 6.45) is 2.19. The molecule has 19 heavy (non-hydrogen) atoms. The largest absolute Gasteiger partial charge is 0.461 e. The predicted molar refractivity (Wildman–Crippen MR) is 78.0 cm³/mol. The van der Waals surface area contributed by atoms with E-state index in [-0.39, 0.29) is 0 Å². The molecule has 1 aromatic heterocycles. The van der Waals surface area contributed by atoms with E-state index >= 15 is 0 Å². The van der Waals surface area contributed by atoms with E-state index in [1.807, 2.05) is 6.07 Å². The molecule has 0 amide bonds. The normalized spacial score (nSPS) is 20.4. The van der Waals surface area contributed by atoms with Gasteiger partial charge in [-0.3, -0.25) is 4.90 Å². The van der Waals surface area contributed by atoms with Crippen molar-refractivity contribution in [3.8, 4) is 0 Å². The van der Waals surface area contributed by atoms with Crippen molar-refractivity contribution in [3.63, 3.8) is 0 Å². The molecular weight excluding hydrogens is 236 g/mol. The lowest BCUT2D eigenvalue weighted by atomic mass is 10.1. The van der Waals surface area contributed by atoms with Gasteiger partial charge in [-0.05, 0) is 31.5 Å². The van der Waals surface area contributed by atoms with Crippen LogP contribution in [0.1, 0.15) is 24.7 Å². The summed E-state index contributed by atoms with van der Waals surface area (Å²) >= 11 is 0. The van der Waals surface area contributed by atoms with Crippen molar-refractivity contribution < 1.29 is 4.42 Å². The first-order valence-electron chi connectivity index (χ1n) is 7.23. The molecule has 2 N–H and O–H groups in total. The summed E-state index contributed by atoms with van der Waals surface area (Å²) in [7, 11) is 0. The van der Waals surface area contributed by atoms with Gasteiger partial charge in [0.2, 0.25) is 0 Å². The predicted octanol–water partition coefficient (Wildman–Crippen LogP) is 2.78. The second-order valence-corrected chi connectivity index (χ2v) is 5.48. The second-order valence-electron chi connectivity index (χ2n) is 5.48. The zero-order valence-corrected chi connectivity index (χ0v) is 11.6. The van der Waals surface area contributed by atoms with Crippen molar-refractivity contribution in [1.29, 1.82) is 0 Å². The Labute approximate surface area is 114 Å². The van der Waals surface area contributed by atoms with Crippen molar-refractivity contribution in [1.82, 2.24) is 4.90 Å². The number of likely N-dealkylation sites (tertiary alicyclic amines) is 1. The van der Waals surface area contributed by atoms with Crippen LogP contribution in [0.4, 0.5) is 0 Å². The summed E-state index contributed by atoms with van der Waals surface area (Å²) in [6, 6.07) is 8.36. The number of hydrogen-bond acceptors (Lipinski definition) is 3. The number of nitrogens with two attached hydrogens (primary N) is 1. The summed E-state index contributed by atoms with van der Waals surface area (Å²) in [5.41, 5.74) is 8.16. The topological polar surface area (TPSA) is 42.4 Å². The van der Waals surface area contributed by atoms with E-state index in [0.717, 1.165) is 43.9 Å². The lowest BCUT2D eigenvalue weighted by Crippen LogP contribution is -2.23. The van der Waals surface area contributed by atoms with Crippen LogP contribution in [0.5, 0.6) is 0 Å².